The number of hydrogen-bond donors (Lipinski definition) is 1. The fourth-order valence-corrected chi connectivity index (χ4v) is 6.93. The molecule has 1 N–H and O–H groups in total. The van der Waals surface area contributed by atoms with Gasteiger partial charge in [0.1, 0.15) is 0 Å². The van der Waals surface area contributed by atoms with Crippen LogP contribution in [0.5, 0.6) is 11.5 Å². The molecule has 1 spiro atoms. The number of rotatable bonds is 5. The van der Waals surface area contributed by atoms with Crippen LogP contribution in [0, 0.1) is 22.7 Å². The third-order valence-corrected chi connectivity index (χ3v) is 8.76. The molecule has 2 aliphatic heterocycles. The highest BCUT2D eigenvalue weighted by atomic mass is 16.5. The summed E-state index contributed by atoms with van der Waals surface area (Å²) in [5.74, 6) is 2.09. The lowest BCUT2D eigenvalue weighted by atomic mass is 9.60. The molecule has 2 saturated heterocycles. The Kier molecular flexibility index (Phi) is 5.21. The summed E-state index contributed by atoms with van der Waals surface area (Å²) >= 11 is 0. The van der Waals surface area contributed by atoms with Gasteiger partial charge >= 0.3 is 0 Å². The molecular formula is C25H35NO5. The maximum absolute atomic E-state index is 12.3. The van der Waals surface area contributed by atoms with Crippen LogP contribution in [-0.4, -0.2) is 55.4 Å². The molecule has 1 aromatic carbocycles. The zero-order valence-corrected chi connectivity index (χ0v) is 18.9. The Balaban J connectivity index is 1.33. The molecule has 6 heteroatoms. The van der Waals surface area contributed by atoms with E-state index in [0.717, 1.165) is 50.8 Å². The normalized spacial score (nSPS) is 35.8. The van der Waals surface area contributed by atoms with E-state index in [1.165, 1.54) is 0 Å². The van der Waals surface area contributed by atoms with E-state index >= 15 is 0 Å². The first-order valence-corrected chi connectivity index (χ1v) is 11.7. The highest BCUT2D eigenvalue weighted by Gasteiger charge is 2.68. The first-order chi connectivity index (χ1) is 14.9. The predicted molar refractivity (Wildman–Crippen MR) is 116 cm³/mol. The summed E-state index contributed by atoms with van der Waals surface area (Å²) in [4.78, 5) is 14.2. The van der Waals surface area contributed by atoms with Gasteiger partial charge in [0.05, 0.1) is 19.3 Å². The Hall–Kier alpha value is -1.79. The highest BCUT2D eigenvalue weighted by molar-refractivity contribution is 5.78. The number of amides is 1. The molecule has 1 aromatic rings. The van der Waals surface area contributed by atoms with Crippen molar-refractivity contribution in [2.75, 3.05) is 33.4 Å². The molecule has 31 heavy (non-hydrogen) atoms. The van der Waals surface area contributed by atoms with Gasteiger partial charge in [-0.05, 0) is 67.1 Å². The first kappa shape index (κ1) is 21.1. The summed E-state index contributed by atoms with van der Waals surface area (Å²) in [6.07, 6.45) is 4.95. The van der Waals surface area contributed by atoms with Crippen LogP contribution in [0.2, 0.25) is 0 Å². The van der Waals surface area contributed by atoms with Gasteiger partial charge in [-0.3, -0.25) is 4.79 Å². The molecule has 2 saturated carbocycles. The van der Waals surface area contributed by atoms with Gasteiger partial charge in [0.25, 0.3) is 5.91 Å². The molecule has 0 radical (unpaired) electrons. The summed E-state index contributed by atoms with van der Waals surface area (Å²) in [7, 11) is 1.63. The Morgan fingerprint density at radius 1 is 1.26 bits per heavy atom. The summed E-state index contributed by atoms with van der Waals surface area (Å²) in [5.41, 5.74) is 1.01. The zero-order chi connectivity index (χ0) is 21.8. The van der Waals surface area contributed by atoms with Gasteiger partial charge in [-0.1, -0.05) is 19.9 Å². The number of benzene rings is 1. The van der Waals surface area contributed by atoms with Crippen molar-refractivity contribution in [2.45, 2.75) is 58.2 Å². The number of ether oxygens (including phenoxy) is 3. The average molecular weight is 430 g/mol. The van der Waals surface area contributed by atoms with Crippen molar-refractivity contribution in [1.29, 1.82) is 0 Å². The summed E-state index contributed by atoms with van der Waals surface area (Å²) in [6.45, 7) is 6.79. The minimum absolute atomic E-state index is 0.0182. The second-order valence-electron chi connectivity index (χ2n) is 10.5. The molecule has 1 amide bonds. The largest absolute Gasteiger partial charge is 0.493 e. The van der Waals surface area contributed by atoms with Crippen molar-refractivity contribution in [3.8, 4) is 11.5 Å². The van der Waals surface area contributed by atoms with Gasteiger partial charge in [0, 0.05) is 25.1 Å². The second-order valence-corrected chi connectivity index (χ2v) is 10.5. The molecule has 2 heterocycles. The Labute approximate surface area is 184 Å². The number of carbonyl (C=O) groups is 1. The van der Waals surface area contributed by atoms with E-state index in [4.69, 9.17) is 14.2 Å². The van der Waals surface area contributed by atoms with Crippen LogP contribution >= 0.6 is 0 Å². The van der Waals surface area contributed by atoms with E-state index in [-0.39, 0.29) is 35.6 Å². The smallest absolute Gasteiger partial charge is 0.260 e. The number of likely N-dealkylation sites (tertiary alicyclic amines) is 1. The highest BCUT2D eigenvalue weighted by Crippen LogP contribution is 2.70. The average Bonchev–Trinajstić information content (AvgIpc) is 3.48. The Morgan fingerprint density at radius 3 is 2.74 bits per heavy atom. The van der Waals surface area contributed by atoms with Crippen molar-refractivity contribution < 1.29 is 24.1 Å². The summed E-state index contributed by atoms with van der Waals surface area (Å²) in [5, 5.41) is 11.2. The van der Waals surface area contributed by atoms with Gasteiger partial charge in [-0.25, -0.2) is 0 Å². The standard InChI is InChI=1S/C25H35NO5/c1-24(2)17-13-18-22(30-11-8-25(18,14-17)23(24)28)16-6-7-19(20(12-16)29-3)31-15-21(27)26-9-4-5-10-26/h6-7,12,17-18,22-23,28H,4-5,8-11,13-15H2,1-3H3/t17-,18-,22-,23-,25?/m1/s1. The van der Waals surface area contributed by atoms with Gasteiger partial charge in [-0.2, -0.15) is 0 Å². The van der Waals surface area contributed by atoms with E-state index < -0.39 is 0 Å². The number of aliphatic hydroxyl groups is 1. The lowest BCUT2D eigenvalue weighted by molar-refractivity contribution is -0.164. The Morgan fingerprint density at radius 2 is 2.03 bits per heavy atom. The number of hydrogen-bond acceptors (Lipinski definition) is 5. The van der Waals surface area contributed by atoms with Crippen LogP contribution < -0.4 is 9.47 Å². The molecule has 5 atom stereocenters. The lowest BCUT2D eigenvalue weighted by Gasteiger charge is -2.51. The van der Waals surface area contributed by atoms with Crippen molar-refractivity contribution in [3.05, 3.63) is 23.8 Å². The van der Waals surface area contributed by atoms with Crippen molar-refractivity contribution in [2.24, 2.45) is 22.7 Å². The van der Waals surface area contributed by atoms with Crippen LogP contribution in [0.1, 0.15) is 57.6 Å². The minimum Gasteiger partial charge on any atom is -0.493 e. The third-order valence-electron chi connectivity index (χ3n) is 8.76. The number of fused-ring (bicyclic) bond motifs is 1. The van der Waals surface area contributed by atoms with Gasteiger partial charge < -0.3 is 24.2 Å². The van der Waals surface area contributed by atoms with Crippen molar-refractivity contribution in [3.63, 3.8) is 0 Å². The number of carbonyl (C=O) groups excluding carboxylic acids is 1. The quantitative estimate of drug-likeness (QED) is 0.775. The SMILES string of the molecule is COc1cc([C@H]2OCCC34C[C@@H](C[C@H]23)C(C)(C)[C@H]4O)ccc1OCC(=O)N1CCCC1. The van der Waals surface area contributed by atoms with E-state index in [9.17, 15) is 9.90 Å². The summed E-state index contributed by atoms with van der Waals surface area (Å²) < 4.78 is 17.7. The molecule has 6 nitrogen and oxygen atoms in total. The fraction of sp³-hybridized carbons (Fsp3) is 0.720. The van der Waals surface area contributed by atoms with Crippen LogP contribution in [0.15, 0.2) is 18.2 Å². The third kappa shape index (κ3) is 3.25. The molecule has 5 rings (SSSR count). The van der Waals surface area contributed by atoms with Crippen LogP contribution in [0.4, 0.5) is 0 Å². The fourth-order valence-electron chi connectivity index (χ4n) is 6.93. The Bertz CT molecular complexity index is 848. The van der Waals surface area contributed by atoms with Gasteiger partial charge in [-0.15, -0.1) is 0 Å². The number of nitrogens with zero attached hydrogens (tertiary/aromatic N) is 1. The maximum Gasteiger partial charge on any atom is 0.260 e. The molecular weight excluding hydrogens is 394 g/mol. The molecule has 0 aromatic heterocycles. The van der Waals surface area contributed by atoms with Gasteiger partial charge in [0.15, 0.2) is 18.1 Å². The predicted octanol–water partition coefficient (Wildman–Crippen LogP) is 3.57. The topological polar surface area (TPSA) is 68.2 Å². The molecule has 2 aliphatic carbocycles. The molecule has 170 valence electrons. The van der Waals surface area contributed by atoms with Crippen molar-refractivity contribution >= 4 is 5.91 Å². The number of aliphatic hydroxyl groups excluding tert-OH is 1. The molecule has 2 bridgehead atoms. The van der Waals surface area contributed by atoms with E-state index in [0.29, 0.717) is 29.9 Å². The molecule has 1 unspecified atom stereocenters. The lowest BCUT2D eigenvalue weighted by Crippen LogP contribution is -2.51. The van der Waals surface area contributed by atoms with E-state index in [1.54, 1.807) is 7.11 Å². The second kappa shape index (κ2) is 7.66. The maximum atomic E-state index is 12.3. The monoisotopic (exact) mass is 429 g/mol. The number of methoxy groups -OCH3 is 1. The van der Waals surface area contributed by atoms with E-state index in [2.05, 4.69) is 13.8 Å². The first-order valence-electron chi connectivity index (χ1n) is 11.7. The van der Waals surface area contributed by atoms with E-state index in [1.807, 2.05) is 23.1 Å². The zero-order valence-electron chi connectivity index (χ0n) is 18.9. The van der Waals surface area contributed by atoms with Crippen LogP contribution in [-0.2, 0) is 9.53 Å². The van der Waals surface area contributed by atoms with Gasteiger partial charge in [0.2, 0.25) is 0 Å². The van der Waals surface area contributed by atoms with Crippen molar-refractivity contribution in [1.82, 2.24) is 4.90 Å². The minimum atomic E-state index is -0.281. The summed E-state index contributed by atoms with van der Waals surface area (Å²) in [6, 6.07) is 5.91. The molecule has 4 fully saturated rings. The van der Waals surface area contributed by atoms with Crippen LogP contribution in [0.3, 0.4) is 0 Å². The van der Waals surface area contributed by atoms with Crippen LogP contribution in [0.25, 0.3) is 0 Å². The molecule has 4 aliphatic rings.